The Balaban J connectivity index is 2.03. The Bertz CT molecular complexity index is 676. The van der Waals surface area contributed by atoms with Crippen molar-refractivity contribution in [1.82, 2.24) is 4.98 Å². The summed E-state index contributed by atoms with van der Waals surface area (Å²) in [5, 5.41) is 9.18. The maximum absolute atomic E-state index is 11.2. The number of halogens is 1. The highest BCUT2D eigenvalue weighted by Crippen LogP contribution is 2.42. The van der Waals surface area contributed by atoms with Gasteiger partial charge in [0.05, 0.1) is 17.3 Å². The van der Waals surface area contributed by atoms with Crippen molar-refractivity contribution < 1.29 is 19.1 Å². The Morgan fingerprint density at radius 3 is 2.80 bits per heavy atom. The van der Waals surface area contributed by atoms with Crippen molar-refractivity contribution in [2.75, 3.05) is 7.11 Å². The second-order valence-corrected chi connectivity index (χ2v) is 5.52. The molecule has 1 N–H and O–H groups in total. The Labute approximate surface area is 123 Å². The van der Waals surface area contributed by atoms with Gasteiger partial charge in [-0.1, -0.05) is 0 Å². The number of oxazole rings is 1. The van der Waals surface area contributed by atoms with Crippen LogP contribution in [0.4, 0.5) is 0 Å². The first-order valence-corrected chi connectivity index (χ1v) is 6.97. The van der Waals surface area contributed by atoms with Gasteiger partial charge in [0.25, 0.3) is 0 Å². The fourth-order valence-corrected chi connectivity index (χ4v) is 2.58. The highest BCUT2D eigenvalue weighted by atomic mass is 79.9. The second kappa shape index (κ2) is 4.94. The number of hydrogen-bond acceptors (Lipinski definition) is 4. The zero-order valence-electron chi connectivity index (χ0n) is 10.7. The lowest BCUT2D eigenvalue weighted by Crippen LogP contribution is -1.98. The van der Waals surface area contributed by atoms with Crippen molar-refractivity contribution in [3.8, 4) is 17.2 Å². The summed E-state index contributed by atoms with van der Waals surface area (Å²) in [4.78, 5) is 15.6. The van der Waals surface area contributed by atoms with E-state index in [-0.39, 0.29) is 11.7 Å². The fraction of sp³-hybridized carbons (Fsp3) is 0.286. The minimum absolute atomic E-state index is 0.0468. The molecule has 0 atom stereocenters. The highest BCUT2D eigenvalue weighted by molar-refractivity contribution is 9.10. The van der Waals surface area contributed by atoms with Gasteiger partial charge in [0.2, 0.25) is 11.7 Å². The molecule has 0 bridgehead atoms. The average Bonchev–Trinajstić information content (AvgIpc) is 3.17. The van der Waals surface area contributed by atoms with E-state index < -0.39 is 5.97 Å². The summed E-state index contributed by atoms with van der Waals surface area (Å²) < 4.78 is 11.3. The predicted octanol–water partition coefficient (Wildman–Crippen LogP) is 3.69. The van der Waals surface area contributed by atoms with Crippen LogP contribution in [-0.2, 0) is 0 Å². The summed E-state index contributed by atoms with van der Waals surface area (Å²) in [6.07, 6.45) is 1.94. The monoisotopic (exact) mass is 337 g/mol. The van der Waals surface area contributed by atoms with Crippen LogP contribution in [0.15, 0.2) is 27.1 Å². The number of carbonyl (C=O) groups is 1. The van der Waals surface area contributed by atoms with E-state index in [0.29, 0.717) is 22.9 Å². The molecule has 0 saturated heterocycles. The molecular weight excluding hydrogens is 326 g/mol. The van der Waals surface area contributed by atoms with Gasteiger partial charge in [-0.3, -0.25) is 0 Å². The van der Waals surface area contributed by atoms with E-state index in [1.165, 1.54) is 0 Å². The number of ether oxygens (including phenoxy) is 1. The molecule has 0 radical (unpaired) electrons. The molecule has 0 spiro atoms. The summed E-state index contributed by atoms with van der Waals surface area (Å²) in [5.41, 5.74) is 1.27. The molecule has 6 heteroatoms. The molecule has 3 rings (SSSR count). The smallest absolute Gasteiger partial charge is 0.373 e. The van der Waals surface area contributed by atoms with Gasteiger partial charge < -0.3 is 14.3 Å². The molecule has 5 nitrogen and oxygen atoms in total. The number of nitrogens with zero attached hydrogens (tertiary/aromatic N) is 1. The molecule has 0 unspecified atom stereocenters. The molecule has 1 aromatic carbocycles. The van der Waals surface area contributed by atoms with Crippen molar-refractivity contribution in [2.24, 2.45) is 0 Å². The van der Waals surface area contributed by atoms with Crippen molar-refractivity contribution in [2.45, 2.75) is 18.8 Å². The number of hydrogen-bond donors (Lipinski definition) is 1. The lowest BCUT2D eigenvalue weighted by molar-refractivity contribution is 0.0661. The molecule has 0 amide bonds. The Hall–Kier alpha value is -1.82. The highest BCUT2D eigenvalue weighted by Gasteiger charge is 2.33. The number of rotatable bonds is 4. The molecule has 1 aliphatic carbocycles. The molecule has 1 saturated carbocycles. The minimum atomic E-state index is -1.07. The van der Waals surface area contributed by atoms with Gasteiger partial charge in [-0.25, -0.2) is 9.78 Å². The lowest BCUT2D eigenvalue weighted by Gasteiger charge is -2.03. The van der Waals surface area contributed by atoms with Crippen LogP contribution < -0.4 is 4.74 Å². The van der Waals surface area contributed by atoms with Gasteiger partial charge in [0, 0.05) is 11.5 Å². The van der Waals surface area contributed by atoms with Crippen LogP contribution >= 0.6 is 15.9 Å². The molecule has 0 aliphatic heterocycles. The number of benzene rings is 1. The number of aromatic nitrogens is 1. The second-order valence-electron chi connectivity index (χ2n) is 4.66. The van der Waals surface area contributed by atoms with Gasteiger partial charge in [-0.05, 0) is 47.0 Å². The topological polar surface area (TPSA) is 72.6 Å². The Morgan fingerprint density at radius 2 is 2.25 bits per heavy atom. The van der Waals surface area contributed by atoms with E-state index in [4.69, 9.17) is 9.15 Å². The number of carboxylic acid groups (broad SMARTS) is 1. The maximum Gasteiger partial charge on any atom is 0.373 e. The van der Waals surface area contributed by atoms with Crippen LogP contribution in [0, 0.1) is 0 Å². The quantitative estimate of drug-likeness (QED) is 0.920. The molecule has 1 aliphatic rings. The summed E-state index contributed by atoms with van der Waals surface area (Å²) in [7, 11) is 1.58. The summed E-state index contributed by atoms with van der Waals surface area (Å²) >= 11 is 3.39. The van der Waals surface area contributed by atoms with Gasteiger partial charge in [-0.15, -0.1) is 0 Å². The molecule has 2 aromatic rings. The first kappa shape index (κ1) is 13.2. The Kier molecular flexibility index (Phi) is 3.25. The number of aromatic carboxylic acids is 1. The van der Waals surface area contributed by atoms with Crippen LogP contribution in [-0.4, -0.2) is 23.2 Å². The normalized spacial score (nSPS) is 14.3. The van der Waals surface area contributed by atoms with Crippen LogP contribution in [0.3, 0.4) is 0 Å². The molecule has 104 valence electrons. The average molecular weight is 338 g/mol. The first-order chi connectivity index (χ1) is 9.60. The van der Waals surface area contributed by atoms with E-state index >= 15 is 0 Å². The number of methoxy groups -OCH3 is 1. The summed E-state index contributed by atoms with van der Waals surface area (Å²) in [6, 6.07) is 5.37. The molecular formula is C14H12BrNO4. The van der Waals surface area contributed by atoms with Gasteiger partial charge in [0.1, 0.15) is 5.75 Å². The third-order valence-corrected chi connectivity index (χ3v) is 3.83. The van der Waals surface area contributed by atoms with E-state index in [2.05, 4.69) is 20.9 Å². The largest absolute Gasteiger partial charge is 0.496 e. The third kappa shape index (κ3) is 2.31. The molecule has 1 heterocycles. The van der Waals surface area contributed by atoms with Crippen LogP contribution in [0.25, 0.3) is 11.5 Å². The zero-order chi connectivity index (χ0) is 14.3. The van der Waals surface area contributed by atoms with Crippen molar-refractivity contribution >= 4 is 21.9 Å². The minimum Gasteiger partial charge on any atom is -0.496 e. The van der Waals surface area contributed by atoms with Crippen LogP contribution in [0.1, 0.15) is 35.0 Å². The molecule has 1 fully saturated rings. The van der Waals surface area contributed by atoms with Crippen LogP contribution in [0.2, 0.25) is 0 Å². The van der Waals surface area contributed by atoms with E-state index in [9.17, 15) is 9.90 Å². The first-order valence-electron chi connectivity index (χ1n) is 6.18. The molecule has 1 aromatic heterocycles. The van der Waals surface area contributed by atoms with E-state index in [1.54, 1.807) is 25.3 Å². The fourth-order valence-electron chi connectivity index (χ4n) is 2.04. The van der Waals surface area contributed by atoms with E-state index in [0.717, 1.165) is 17.3 Å². The van der Waals surface area contributed by atoms with Gasteiger partial charge >= 0.3 is 5.97 Å². The Morgan fingerprint density at radius 1 is 1.50 bits per heavy atom. The molecule has 20 heavy (non-hydrogen) atoms. The standard InChI is InChI=1S/C14H12BrNO4/c1-19-10-5-4-8(6-9(10)15)13-16-11(7-2-3-7)12(20-13)14(17)18/h4-7H,2-3H2,1H3,(H,17,18). The van der Waals surface area contributed by atoms with Crippen molar-refractivity contribution in [3.63, 3.8) is 0 Å². The van der Waals surface area contributed by atoms with Crippen molar-refractivity contribution in [3.05, 3.63) is 34.1 Å². The lowest BCUT2D eigenvalue weighted by atomic mass is 10.2. The SMILES string of the molecule is COc1ccc(-c2nc(C3CC3)c(C(=O)O)o2)cc1Br. The van der Waals surface area contributed by atoms with Gasteiger partial charge in [0.15, 0.2) is 0 Å². The maximum atomic E-state index is 11.2. The summed E-state index contributed by atoms with van der Waals surface area (Å²) in [5.74, 6) is 0.127. The third-order valence-electron chi connectivity index (χ3n) is 3.21. The predicted molar refractivity (Wildman–Crippen MR) is 75.1 cm³/mol. The zero-order valence-corrected chi connectivity index (χ0v) is 12.3. The number of carboxylic acids is 1. The van der Waals surface area contributed by atoms with E-state index in [1.807, 2.05) is 0 Å². The van der Waals surface area contributed by atoms with Gasteiger partial charge in [-0.2, -0.15) is 0 Å². The summed E-state index contributed by atoms with van der Waals surface area (Å²) in [6.45, 7) is 0. The van der Waals surface area contributed by atoms with Crippen molar-refractivity contribution in [1.29, 1.82) is 0 Å². The van der Waals surface area contributed by atoms with Crippen LogP contribution in [0.5, 0.6) is 5.75 Å².